The second kappa shape index (κ2) is 4.17. The van der Waals surface area contributed by atoms with Crippen LogP contribution in [0.15, 0.2) is 29.6 Å². The van der Waals surface area contributed by atoms with Gasteiger partial charge in [0.2, 0.25) is 0 Å². The van der Waals surface area contributed by atoms with E-state index in [1.54, 1.807) is 11.3 Å². The highest BCUT2D eigenvalue weighted by molar-refractivity contribution is 7.10. The van der Waals surface area contributed by atoms with E-state index >= 15 is 0 Å². The second-order valence-corrected chi connectivity index (χ2v) is 4.88. The number of hydrogen-bond donors (Lipinski definition) is 1. The maximum absolute atomic E-state index is 5.76. The Morgan fingerprint density at radius 1 is 1.13 bits per heavy atom. The van der Waals surface area contributed by atoms with Crippen LogP contribution in [0.3, 0.4) is 0 Å². The first-order valence-corrected chi connectivity index (χ1v) is 5.94. The van der Waals surface area contributed by atoms with Crippen molar-refractivity contribution >= 4 is 11.3 Å². The molecule has 0 atom stereocenters. The number of hydrogen-bond acceptors (Lipinski definition) is 2. The first-order chi connectivity index (χ1) is 7.22. The van der Waals surface area contributed by atoms with Crippen LogP contribution in [0.1, 0.15) is 16.0 Å². The minimum atomic E-state index is 0.602. The van der Waals surface area contributed by atoms with Crippen LogP contribution in [0.2, 0.25) is 0 Å². The third-order valence-corrected chi connectivity index (χ3v) is 3.48. The Hall–Kier alpha value is -1.12. The van der Waals surface area contributed by atoms with Crippen LogP contribution in [0.5, 0.6) is 0 Å². The van der Waals surface area contributed by atoms with Crippen LogP contribution >= 0.6 is 11.3 Å². The van der Waals surface area contributed by atoms with Crippen LogP contribution in [0.25, 0.3) is 11.1 Å². The van der Waals surface area contributed by atoms with E-state index in [0.717, 1.165) is 0 Å². The van der Waals surface area contributed by atoms with E-state index in [1.807, 2.05) is 0 Å². The van der Waals surface area contributed by atoms with Crippen LogP contribution in [-0.4, -0.2) is 0 Å². The molecule has 0 aliphatic heterocycles. The lowest BCUT2D eigenvalue weighted by atomic mass is 9.98. The minimum Gasteiger partial charge on any atom is -0.326 e. The third-order valence-electron chi connectivity index (χ3n) is 2.63. The lowest BCUT2D eigenvalue weighted by molar-refractivity contribution is 1.07. The molecule has 0 aliphatic carbocycles. The van der Waals surface area contributed by atoms with Crippen LogP contribution in [0.4, 0.5) is 0 Å². The number of benzene rings is 1. The van der Waals surface area contributed by atoms with Gasteiger partial charge >= 0.3 is 0 Å². The molecule has 0 fully saturated rings. The summed E-state index contributed by atoms with van der Waals surface area (Å²) in [4.78, 5) is 1.36. The highest BCUT2D eigenvalue weighted by atomic mass is 32.1. The lowest BCUT2D eigenvalue weighted by Crippen LogP contribution is -1.99. The summed E-state index contributed by atoms with van der Waals surface area (Å²) < 4.78 is 0. The van der Waals surface area contributed by atoms with Gasteiger partial charge in [0.25, 0.3) is 0 Å². The summed E-state index contributed by atoms with van der Waals surface area (Å²) in [5.41, 5.74) is 10.9. The van der Waals surface area contributed by atoms with Crippen LogP contribution in [0, 0.1) is 13.8 Å². The fourth-order valence-electron chi connectivity index (χ4n) is 1.78. The monoisotopic (exact) mass is 217 g/mol. The zero-order chi connectivity index (χ0) is 10.8. The largest absolute Gasteiger partial charge is 0.326 e. The first kappa shape index (κ1) is 10.4. The Morgan fingerprint density at radius 2 is 1.93 bits per heavy atom. The Bertz CT molecular complexity index is 471. The molecule has 0 saturated heterocycles. The lowest BCUT2D eigenvalue weighted by Gasteiger charge is -2.08. The van der Waals surface area contributed by atoms with E-state index in [1.165, 1.54) is 27.1 Å². The molecule has 0 bridgehead atoms. The molecule has 1 aromatic carbocycles. The molecule has 2 rings (SSSR count). The maximum Gasteiger partial charge on any atom is 0.0184 e. The maximum atomic E-state index is 5.76. The molecule has 2 N–H and O–H groups in total. The van der Waals surface area contributed by atoms with E-state index in [0.29, 0.717) is 6.54 Å². The second-order valence-electron chi connectivity index (χ2n) is 3.76. The van der Waals surface area contributed by atoms with Crippen molar-refractivity contribution in [1.82, 2.24) is 0 Å². The van der Waals surface area contributed by atoms with Crippen LogP contribution < -0.4 is 5.73 Å². The summed E-state index contributed by atoms with van der Waals surface area (Å²) in [6, 6.07) is 8.64. The molecule has 0 radical (unpaired) electrons. The van der Waals surface area contributed by atoms with E-state index in [9.17, 15) is 0 Å². The molecule has 0 unspecified atom stereocenters. The summed E-state index contributed by atoms with van der Waals surface area (Å²) in [6.07, 6.45) is 0. The predicted molar refractivity (Wildman–Crippen MR) is 67.1 cm³/mol. The Labute approximate surface area is 94.6 Å². The summed E-state index contributed by atoms with van der Waals surface area (Å²) >= 11 is 1.78. The van der Waals surface area contributed by atoms with Crippen molar-refractivity contribution in [2.75, 3.05) is 0 Å². The molecule has 2 aromatic rings. The minimum absolute atomic E-state index is 0.602. The van der Waals surface area contributed by atoms with E-state index in [2.05, 4.69) is 43.5 Å². The number of thiophene rings is 1. The molecule has 0 spiro atoms. The highest BCUT2D eigenvalue weighted by Gasteiger charge is 2.07. The summed E-state index contributed by atoms with van der Waals surface area (Å²) in [5, 5.41) is 2.13. The molecule has 1 nitrogen and oxygen atoms in total. The van der Waals surface area contributed by atoms with E-state index in [4.69, 9.17) is 5.73 Å². The smallest absolute Gasteiger partial charge is 0.0184 e. The normalized spacial score (nSPS) is 10.6. The fourth-order valence-corrected chi connectivity index (χ4v) is 2.50. The molecule has 0 saturated carbocycles. The molecule has 0 aliphatic rings. The van der Waals surface area contributed by atoms with E-state index in [-0.39, 0.29) is 0 Å². The van der Waals surface area contributed by atoms with Gasteiger partial charge in [0.15, 0.2) is 0 Å². The molecule has 2 heteroatoms. The van der Waals surface area contributed by atoms with Crippen molar-refractivity contribution in [2.45, 2.75) is 20.4 Å². The first-order valence-electron chi connectivity index (χ1n) is 5.06. The summed E-state index contributed by atoms with van der Waals surface area (Å²) in [6.45, 7) is 4.87. The van der Waals surface area contributed by atoms with Gasteiger partial charge in [0.05, 0.1) is 0 Å². The van der Waals surface area contributed by atoms with Gasteiger partial charge in [0, 0.05) is 11.4 Å². The van der Waals surface area contributed by atoms with Crippen molar-refractivity contribution in [2.24, 2.45) is 5.73 Å². The van der Waals surface area contributed by atoms with Crippen molar-refractivity contribution in [1.29, 1.82) is 0 Å². The van der Waals surface area contributed by atoms with Gasteiger partial charge in [-0.1, -0.05) is 23.8 Å². The fraction of sp³-hybridized carbons (Fsp3) is 0.231. The summed E-state index contributed by atoms with van der Waals surface area (Å²) in [5.74, 6) is 0. The molecular weight excluding hydrogens is 202 g/mol. The molecule has 15 heavy (non-hydrogen) atoms. The average Bonchev–Trinajstić information content (AvgIpc) is 2.64. The van der Waals surface area contributed by atoms with Gasteiger partial charge in [-0.2, -0.15) is 0 Å². The Kier molecular flexibility index (Phi) is 2.89. The molecule has 1 aromatic heterocycles. The molecule has 0 amide bonds. The third kappa shape index (κ3) is 1.96. The number of rotatable bonds is 2. The van der Waals surface area contributed by atoms with Gasteiger partial charge in [-0.3, -0.25) is 0 Å². The molecule has 78 valence electrons. The topological polar surface area (TPSA) is 26.0 Å². The zero-order valence-electron chi connectivity index (χ0n) is 9.08. The zero-order valence-corrected chi connectivity index (χ0v) is 9.90. The van der Waals surface area contributed by atoms with Gasteiger partial charge < -0.3 is 5.73 Å². The van der Waals surface area contributed by atoms with Crippen molar-refractivity contribution in [3.05, 3.63) is 45.6 Å². The predicted octanol–water partition coefficient (Wildman–Crippen LogP) is 3.49. The quantitative estimate of drug-likeness (QED) is 0.818. The average molecular weight is 217 g/mol. The van der Waals surface area contributed by atoms with Gasteiger partial charge in [-0.05, 0) is 42.0 Å². The van der Waals surface area contributed by atoms with Crippen molar-refractivity contribution < 1.29 is 0 Å². The van der Waals surface area contributed by atoms with Crippen molar-refractivity contribution in [3.8, 4) is 11.1 Å². The standard InChI is InChI=1S/C13H15NS/c1-9-3-4-11(8-14)13(7-9)12-5-6-15-10(12)2/h3-7H,8,14H2,1-2H3. The number of nitrogens with two attached hydrogens (primary N) is 1. The SMILES string of the molecule is Cc1ccc(CN)c(-c2ccsc2C)c1. The van der Waals surface area contributed by atoms with E-state index < -0.39 is 0 Å². The molecule has 1 heterocycles. The summed E-state index contributed by atoms with van der Waals surface area (Å²) in [7, 11) is 0. The Balaban J connectivity index is 2.60. The van der Waals surface area contributed by atoms with Gasteiger partial charge in [-0.15, -0.1) is 11.3 Å². The Morgan fingerprint density at radius 3 is 2.53 bits per heavy atom. The molecular formula is C13H15NS. The highest BCUT2D eigenvalue weighted by Crippen LogP contribution is 2.30. The van der Waals surface area contributed by atoms with Gasteiger partial charge in [0.1, 0.15) is 0 Å². The number of aryl methyl sites for hydroxylation is 2. The van der Waals surface area contributed by atoms with Crippen molar-refractivity contribution in [3.63, 3.8) is 0 Å². The van der Waals surface area contributed by atoms with Crippen LogP contribution in [-0.2, 0) is 6.54 Å². The van der Waals surface area contributed by atoms with Gasteiger partial charge in [-0.25, -0.2) is 0 Å².